The third kappa shape index (κ3) is 3.92. The zero-order valence-corrected chi connectivity index (χ0v) is 15.4. The smallest absolute Gasteiger partial charge is 0.100 e. The van der Waals surface area contributed by atoms with Crippen LogP contribution in [0.2, 0.25) is 0 Å². The van der Waals surface area contributed by atoms with E-state index in [0.29, 0.717) is 5.92 Å². The van der Waals surface area contributed by atoms with E-state index in [1.165, 1.54) is 69.3 Å². The molecule has 0 unspecified atom stereocenters. The van der Waals surface area contributed by atoms with Gasteiger partial charge in [-0.15, -0.1) is 5.10 Å². The van der Waals surface area contributed by atoms with Crippen LogP contribution >= 0.6 is 0 Å². The Morgan fingerprint density at radius 1 is 0.880 bits per heavy atom. The average molecular weight is 345 g/mol. The average Bonchev–Trinajstić information content (AvgIpc) is 3.51. The number of nitrogens with zero attached hydrogens (tertiary/aromatic N) is 4. The third-order valence-electron chi connectivity index (χ3n) is 6.57. The second-order valence-corrected chi connectivity index (χ2v) is 9.07. The molecule has 0 radical (unpaired) electrons. The molecule has 138 valence electrons. The fraction of sp³-hybridized carbons (Fsp3) is 0.900. The Bertz CT molecular complexity index is 587. The molecule has 5 heteroatoms. The molecule has 1 aromatic heterocycles. The lowest BCUT2D eigenvalue weighted by molar-refractivity contribution is 0.0840. The van der Waals surface area contributed by atoms with Crippen LogP contribution in [-0.4, -0.2) is 46.2 Å². The topological polar surface area (TPSA) is 43.2 Å². The quantitative estimate of drug-likeness (QED) is 0.726. The standard InChI is InChI=1S/C20H32N4O/c1-2-4-15(3-1)9-23-11-18(14-25-13-17-7-8-17)20-19(12-23)21-22-24(20)10-16-5-6-16/h15-18H,1-14H2/t18-/m1/s1. The predicted octanol–water partition coefficient (Wildman–Crippen LogP) is 3.20. The molecule has 2 heterocycles. The van der Waals surface area contributed by atoms with Crippen molar-refractivity contribution < 1.29 is 4.74 Å². The minimum absolute atomic E-state index is 0.456. The Labute approximate surface area is 151 Å². The van der Waals surface area contributed by atoms with Gasteiger partial charge in [0.1, 0.15) is 5.69 Å². The molecular weight excluding hydrogens is 312 g/mol. The van der Waals surface area contributed by atoms with Gasteiger partial charge in [0.15, 0.2) is 0 Å². The number of hydrogen-bond donors (Lipinski definition) is 0. The Kier molecular flexibility index (Phi) is 4.55. The van der Waals surface area contributed by atoms with Crippen LogP contribution in [-0.2, 0) is 17.8 Å². The Morgan fingerprint density at radius 3 is 2.40 bits per heavy atom. The van der Waals surface area contributed by atoms with Crippen LogP contribution < -0.4 is 0 Å². The molecule has 0 amide bonds. The number of hydrogen-bond acceptors (Lipinski definition) is 4. The lowest BCUT2D eigenvalue weighted by Gasteiger charge is -2.34. The van der Waals surface area contributed by atoms with Crippen LogP contribution in [0.3, 0.4) is 0 Å². The van der Waals surface area contributed by atoms with E-state index in [4.69, 9.17) is 4.74 Å². The first-order valence-electron chi connectivity index (χ1n) is 10.6. The third-order valence-corrected chi connectivity index (χ3v) is 6.57. The van der Waals surface area contributed by atoms with Gasteiger partial charge < -0.3 is 4.74 Å². The molecule has 5 rings (SSSR count). The summed E-state index contributed by atoms with van der Waals surface area (Å²) in [6, 6.07) is 0. The molecule has 3 saturated carbocycles. The van der Waals surface area contributed by atoms with Gasteiger partial charge in [-0.2, -0.15) is 0 Å². The highest BCUT2D eigenvalue weighted by Gasteiger charge is 2.34. The van der Waals surface area contributed by atoms with Gasteiger partial charge in [0.25, 0.3) is 0 Å². The maximum atomic E-state index is 6.12. The van der Waals surface area contributed by atoms with Crippen molar-refractivity contribution in [2.24, 2.45) is 17.8 Å². The summed E-state index contributed by atoms with van der Waals surface area (Å²) in [5.74, 6) is 3.04. The lowest BCUT2D eigenvalue weighted by Crippen LogP contribution is -2.39. The molecule has 1 aromatic rings. The van der Waals surface area contributed by atoms with Crippen LogP contribution in [0.4, 0.5) is 0 Å². The molecule has 1 aliphatic heterocycles. The van der Waals surface area contributed by atoms with Gasteiger partial charge in [0.05, 0.1) is 12.3 Å². The van der Waals surface area contributed by atoms with Gasteiger partial charge in [-0.1, -0.05) is 18.1 Å². The Balaban J connectivity index is 1.29. The minimum atomic E-state index is 0.456. The Morgan fingerprint density at radius 2 is 1.64 bits per heavy atom. The molecular formula is C20H32N4O. The first-order chi connectivity index (χ1) is 12.3. The SMILES string of the molecule is C1CCC(CN2Cc3nnn(CC4CC4)c3[C@@H](COCC3CC3)C2)C1. The number of aromatic nitrogens is 3. The molecule has 0 N–H and O–H groups in total. The predicted molar refractivity (Wildman–Crippen MR) is 96.3 cm³/mol. The summed E-state index contributed by atoms with van der Waals surface area (Å²) in [5.41, 5.74) is 2.62. The van der Waals surface area contributed by atoms with Crippen molar-refractivity contribution in [3.63, 3.8) is 0 Å². The van der Waals surface area contributed by atoms with Crippen LogP contribution in [0.25, 0.3) is 0 Å². The highest BCUT2D eigenvalue weighted by Crippen LogP contribution is 2.35. The summed E-state index contributed by atoms with van der Waals surface area (Å²) >= 11 is 0. The summed E-state index contributed by atoms with van der Waals surface area (Å²) in [5, 5.41) is 9.12. The maximum absolute atomic E-state index is 6.12. The number of ether oxygens (including phenoxy) is 1. The van der Waals surface area contributed by atoms with Crippen molar-refractivity contribution >= 4 is 0 Å². The zero-order valence-electron chi connectivity index (χ0n) is 15.4. The van der Waals surface area contributed by atoms with Gasteiger partial charge in [-0.25, -0.2) is 4.68 Å². The molecule has 4 aliphatic rings. The Hall–Kier alpha value is -0.940. The molecule has 0 bridgehead atoms. The van der Waals surface area contributed by atoms with Crippen LogP contribution in [0.1, 0.15) is 68.7 Å². The van der Waals surface area contributed by atoms with Gasteiger partial charge in [-0.3, -0.25) is 4.90 Å². The highest BCUT2D eigenvalue weighted by molar-refractivity contribution is 5.20. The van der Waals surface area contributed by atoms with Crippen LogP contribution in [0, 0.1) is 17.8 Å². The molecule has 3 aliphatic carbocycles. The van der Waals surface area contributed by atoms with Crippen molar-refractivity contribution in [2.45, 2.75) is 70.4 Å². The fourth-order valence-corrected chi connectivity index (χ4v) is 4.76. The number of fused-ring (bicyclic) bond motifs is 1. The van der Waals surface area contributed by atoms with E-state index >= 15 is 0 Å². The van der Waals surface area contributed by atoms with Gasteiger partial charge in [0, 0.05) is 38.7 Å². The van der Waals surface area contributed by atoms with Gasteiger partial charge in [0.2, 0.25) is 0 Å². The number of rotatable bonds is 8. The van der Waals surface area contributed by atoms with Crippen molar-refractivity contribution in [1.29, 1.82) is 0 Å². The van der Waals surface area contributed by atoms with Crippen LogP contribution in [0.15, 0.2) is 0 Å². The van der Waals surface area contributed by atoms with Crippen molar-refractivity contribution in [2.75, 3.05) is 26.3 Å². The van der Waals surface area contributed by atoms with Crippen molar-refractivity contribution in [3.05, 3.63) is 11.4 Å². The van der Waals surface area contributed by atoms with Crippen LogP contribution in [0.5, 0.6) is 0 Å². The van der Waals surface area contributed by atoms with Gasteiger partial charge >= 0.3 is 0 Å². The summed E-state index contributed by atoms with van der Waals surface area (Å²) in [6.45, 7) is 6.25. The van der Waals surface area contributed by atoms with Crippen molar-refractivity contribution in [3.8, 4) is 0 Å². The maximum Gasteiger partial charge on any atom is 0.100 e. The van der Waals surface area contributed by atoms with E-state index in [0.717, 1.165) is 50.6 Å². The van der Waals surface area contributed by atoms with E-state index in [2.05, 4.69) is 19.9 Å². The van der Waals surface area contributed by atoms with E-state index in [1.54, 1.807) is 0 Å². The van der Waals surface area contributed by atoms with Crippen molar-refractivity contribution in [1.82, 2.24) is 19.9 Å². The molecule has 0 saturated heterocycles. The summed E-state index contributed by atoms with van der Waals surface area (Å²) in [4.78, 5) is 2.64. The highest BCUT2D eigenvalue weighted by atomic mass is 16.5. The second kappa shape index (κ2) is 6.99. The first-order valence-corrected chi connectivity index (χ1v) is 10.6. The largest absolute Gasteiger partial charge is 0.380 e. The monoisotopic (exact) mass is 344 g/mol. The summed E-state index contributed by atoms with van der Waals surface area (Å²) < 4.78 is 8.35. The first kappa shape index (κ1) is 16.2. The normalized spacial score (nSPS) is 27.8. The molecule has 0 aromatic carbocycles. The van der Waals surface area contributed by atoms with Gasteiger partial charge in [-0.05, 0) is 56.3 Å². The molecule has 3 fully saturated rings. The minimum Gasteiger partial charge on any atom is -0.380 e. The van der Waals surface area contributed by atoms with E-state index in [1.807, 2.05) is 0 Å². The van der Waals surface area contributed by atoms with E-state index < -0.39 is 0 Å². The molecule has 0 spiro atoms. The lowest BCUT2D eigenvalue weighted by atomic mass is 9.97. The summed E-state index contributed by atoms with van der Waals surface area (Å²) in [7, 11) is 0. The van der Waals surface area contributed by atoms with E-state index in [9.17, 15) is 0 Å². The second-order valence-electron chi connectivity index (χ2n) is 9.07. The molecule has 1 atom stereocenters. The fourth-order valence-electron chi connectivity index (χ4n) is 4.76. The molecule has 5 nitrogen and oxygen atoms in total. The zero-order chi connectivity index (χ0) is 16.6. The molecule has 25 heavy (non-hydrogen) atoms. The van der Waals surface area contributed by atoms with E-state index in [-0.39, 0.29) is 0 Å². The summed E-state index contributed by atoms with van der Waals surface area (Å²) in [6.07, 6.45) is 11.2.